The van der Waals surface area contributed by atoms with Crippen molar-refractivity contribution in [1.29, 1.82) is 0 Å². The lowest BCUT2D eigenvalue weighted by molar-refractivity contribution is -0.120. The van der Waals surface area contributed by atoms with Crippen LogP contribution >= 0.6 is 34.5 Å². The van der Waals surface area contributed by atoms with E-state index in [1.165, 1.54) is 11.3 Å². The number of hydrogen-bond donors (Lipinski definition) is 0. The molecule has 0 aliphatic heterocycles. The zero-order valence-corrected chi connectivity index (χ0v) is 18.7. The SMILES string of the molecule is CCN(CC)CCN(C(=O)COc1ccc(Cl)cc1)c1nc2ccc(Cl)cc2s1. The maximum atomic E-state index is 13.0. The number of benzene rings is 2. The number of fused-ring (bicyclic) bond motifs is 1. The van der Waals surface area contributed by atoms with Gasteiger partial charge in [0.05, 0.1) is 10.2 Å². The third kappa shape index (κ3) is 5.82. The zero-order valence-electron chi connectivity index (χ0n) is 16.4. The van der Waals surface area contributed by atoms with Crippen LogP contribution in [0.15, 0.2) is 42.5 Å². The highest BCUT2D eigenvalue weighted by molar-refractivity contribution is 7.22. The summed E-state index contributed by atoms with van der Waals surface area (Å²) < 4.78 is 6.62. The maximum Gasteiger partial charge on any atom is 0.266 e. The van der Waals surface area contributed by atoms with Gasteiger partial charge in [0.15, 0.2) is 11.7 Å². The van der Waals surface area contributed by atoms with E-state index in [0.29, 0.717) is 27.5 Å². The lowest BCUT2D eigenvalue weighted by atomic mass is 10.3. The Morgan fingerprint density at radius 2 is 1.72 bits per heavy atom. The first kappa shape index (κ1) is 21.8. The molecule has 1 aromatic heterocycles. The largest absolute Gasteiger partial charge is 0.484 e. The summed E-state index contributed by atoms with van der Waals surface area (Å²) in [5, 5.41) is 1.93. The molecule has 3 rings (SSSR count). The average molecular weight is 452 g/mol. The van der Waals surface area contributed by atoms with Gasteiger partial charge >= 0.3 is 0 Å². The number of aromatic nitrogens is 1. The predicted octanol–water partition coefficient (Wildman–Crippen LogP) is 5.36. The number of thiazole rings is 1. The fourth-order valence-corrected chi connectivity index (χ4v) is 4.27. The van der Waals surface area contributed by atoms with Crippen LogP contribution in [-0.2, 0) is 4.79 Å². The van der Waals surface area contributed by atoms with Crippen molar-refractivity contribution in [3.05, 3.63) is 52.5 Å². The van der Waals surface area contributed by atoms with E-state index in [1.807, 2.05) is 12.1 Å². The molecule has 29 heavy (non-hydrogen) atoms. The van der Waals surface area contributed by atoms with Gasteiger partial charge in [0, 0.05) is 23.1 Å². The van der Waals surface area contributed by atoms with E-state index >= 15 is 0 Å². The summed E-state index contributed by atoms with van der Waals surface area (Å²) in [6.45, 7) is 7.30. The summed E-state index contributed by atoms with van der Waals surface area (Å²) in [6.07, 6.45) is 0. The lowest BCUT2D eigenvalue weighted by Gasteiger charge is -2.24. The monoisotopic (exact) mass is 451 g/mol. The summed E-state index contributed by atoms with van der Waals surface area (Å²) in [4.78, 5) is 21.6. The van der Waals surface area contributed by atoms with Crippen molar-refractivity contribution in [1.82, 2.24) is 9.88 Å². The number of anilines is 1. The second-order valence-corrected chi connectivity index (χ2v) is 8.31. The Kier molecular flexibility index (Phi) is 7.72. The lowest BCUT2D eigenvalue weighted by Crippen LogP contribution is -2.41. The standard InChI is InChI=1S/C21H23Cl2N3O2S/c1-3-25(4-2)11-12-26(20(27)14-28-17-8-5-15(22)6-9-17)21-24-18-10-7-16(23)13-19(18)29-21/h5-10,13H,3-4,11-12,14H2,1-2H3. The first-order valence-corrected chi connectivity index (χ1v) is 11.0. The molecule has 0 spiro atoms. The van der Waals surface area contributed by atoms with E-state index in [4.69, 9.17) is 27.9 Å². The molecule has 1 heterocycles. The Morgan fingerprint density at radius 1 is 1.03 bits per heavy atom. The van der Waals surface area contributed by atoms with Crippen LogP contribution in [-0.4, -0.2) is 48.6 Å². The first-order chi connectivity index (χ1) is 14.0. The summed E-state index contributed by atoms with van der Waals surface area (Å²) >= 11 is 13.5. The van der Waals surface area contributed by atoms with Gasteiger partial charge in [-0.05, 0) is 55.6 Å². The van der Waals surface area contributed by atoms with Crippen LogP contribution in [0.2, 0.25) is 10.0 Å². The first-order valence-electron chi connectivity index (χ1n) is 9.47. The van der Waals surface area contributed by atoms with Crippen LogP contribution in [0.3, 0.4) is 0 Å². The highest BCUT2D eigenvalue weighted by Crippen LogP contribution is 2.31. The predicted molar refractivity (Wildman–Crippen MR) is 122 cm³/mol. The molecule has 5 nitrogen and oxygen atoms in total. The number of carbonyl (C=O) groups is 1. The second kappa shape index (κ2) is 10.3. The van der Waals surface area contributed by atoms with Crippen molar-refractivity contribution < 1.29 is 9.53 Å². The van der Waals surface area contributed by atoms with Crippen LogP contribution in [0.25, 0.3) is 10.2 Å². The molecule has 3 aromatic rings. The molecule has 8 heteroatoms. The number of halogens is 2. The number of likely N-dealkylation sites (N-methyl/N-ethyl adjacent to an activating group) is 1. The molecule has 0 radical (unpaired) electrons. The molecule has 154 valence electrons. The molecule has 0 bridgehead atoms. The van der Waals surface area contributed by atoms with Crippen LogP contribution in [0.4, 0.5) is 5.13 Å². The Hall–Kier alpha value is -1.86. The summed E-state index contributed by atoms with van der Waals surface area (Å²) in [5.41, 5.74) is 0.827. The van der Waals surface area contributed by atoms with E-state index in [-0.39, 0.29) is 12.5 Å². The number of carbonyl (C=O) groups excluding carboxylic acids is 1. The van der Waals surface area contributed by atoms with Crippen LogP contribution in [0, 0.1) is 0 Å². The van der Waals surface area contributed by atoms with Gasteiger partial charge in [-0.15, -0.1) is 0 Å². The molecule has 0 saturated carbocycles. The molecular formula is C21H23Cl2N3O2S. The van der Waals surface area contributed by atoms with Gasteiger partial charge in [0.2, 0.25) is 0 Å². The third-order valence-electron chi connectivity index (χ3n) is 4.58. The molecule has 2 aromatic carbocycles. The minimum atomic E-state index is -0.141. The van der Waals surface area contributed by atoms with E-state index in [1.54, 1.807) is 35.2 Å². The summed E-state index contributed by atoms with van der Waals surface area (Å²) in [7, 11) is 0. The summed E-state index contributed by atoms with van der Waals surface area (Å²) in [5.74, 6) is 0.458. The fourth-order valence-electron chi connectivity index (χ4n) is 2.86. The van der Waals surface area contributed by atoms with Gasteiger partial charge < -0.3 is 9.64 Å². The Bertz CT molecular complexity index is 958. The minimum Gasteiger partial charge on any atom is -0.484 e. The number of hydrogen-bond acceptors (Lipinski definition) is 5. The van der Waals surface area contributed by atoms with Crippen molar-refractivity contribution in [2.24, 2.45) is 0 Å². The molecular weight excluding hydrogens is 429 g/mol. The third-order valence-corrected chi connectivity index (χ3v) is 6.11. The average Bonchev–Trinajstić information content (AvgIpc) is 3.13. The zero-order chi connectivity index (χ0) is 20.8. The Labute approximate surface area is 184 Å². The van der Waals surface area contributed by atoms with Gasteiger partial charge in [-0.2, -0.15) is 0 Å². The maximum absolute atomic E-state index is 13.0. The van der Waals surface area contributed by atoms with Gasteiger partial charge in [-0.3, -0.25) is 9.69 Å². The van der Waals surface area contributed by atoms with E-state index in [0.717, 1.165) is 29.9 Å². The highest BCUT2D eigenvalue weighted by Gasteiger charge is 2.21. The minimum absolute atomic E-state index is 0.0729. The molecule has 0 unspecified atom stereocenters. The van der Waals surface area contributed by atoms with Crippen LogP contribution < -0.4 is 9.64 Å². The Morgan fingerprint density at radius 3 is 2.41 bits per heavy atom. The quantitative estimate of drug-likeness (QED) is 0.439. The van der Waals surface area contributed by atoms with Crippen molar-refractivity contribution >= 4 is 55.8 Å². The van der Waals surface area contributed by atoms with Crippen molar-refractivity contribution in [2.75, 3.05) is 37.7 Å². The Balaban J connectivity index is 1.78. The molecule has 0 aliphatic rings. The molecule has 0 aliphatic carbocycles. The number of ether oxygens (including phenoxy) is 1. The van der Waals surface area contributed by atoms with Crippen molar-refractivity contribution in [3.8, 4) is 5.75 Å². The highest BCUT2D eigenvalue weighted by atomic mass is 35.5. The van der Waals surface area contributed by atoms with E-state index < -0.39 is 0 Å². The number of rotatable bonds is 9. The molecule has 0 saturated heterocycles. The van der Waals surface area contributed by atoms with E-state index in [9.17, 15) is 4.79 Å². The van der Waals surface area contributed by atoms with Gasteiger partial charge in [-0.25, -0.2) is 4.98 Å². The van der Waals surface area contributed by atoms with E-state index in [2.05, 4.69) is 23.7 Å². The molecule has 0 fully saturated rings. The van der Waals surface area contributed by atoms with Crippen molar-refractivity contribution in [2.45, 2.75) is 13.8 Å². The van der Waals surface area contributed by atoms with Crippen LogP contribution in [0.1, 0.15) is 13.8 Å². The topological polar surface area (TPSA) is 45.7 Å². The van der Waals surface area contributed by atoms with Gasteiger partial charge in [-0.1, -0.05) is 48.4 Å². The summed E-state index contributed by atoms with van der Waals surface area (Å²) in [6, 6.07) is 12.5. The second-order valence-electron chi connectivity index (χ2n) is 6.42. The van der Waals surface area contributed by atoms with Gasteiger partial charge in [0.25, 0.3) is 5.91 Å². The number of nitrogens with zero attached hydrogens (tertiary/aromatic N) is 3. The fraction of sp³-hybridized carbons (Fsp3) is 0.333. The molecule has 0 atom stereocenters. The number of amides is 1. The van der Waals surface area contributed by atoms with Gasteiger partial charge in [0.1, 0.15) is 5.75 Å². The van der Waals surface area contributed by atoms with Crippen molar-refractivity contribution in [3.63, 3.8) is 0 Å². The molecule has 1 amide bonds. The van der Waals surface area contributed by atoms with Crippen LogP contribution in [0.5, 0.6) is 5.75 Å². The normalized spacial score (nSPS) is 11.2. The smallest absolute Gasteiger partial charge is 0.266 e. The molecule has 0 N–H and O–H groups in total.